The lowest BCUT2D eigenvalue weighted by Gasteiger charge is -2.21. The van der Waals surface area contributed by atoms with Crippen molar-refractivity contribution in [1.29, 1.82) is 0 Å². The van der Waals surface area contributed by atoms with Crippen LogP contribution in [0.25, 0.3) is 0 Å². The quantitative estimate of drug-likeness (QED) is 0.411. The maximum absolute atomic E-state index is 3.19. The van der Waals surface area contributed by atoms with E-state index in [9.17, 15) is 0 Å². The van der Waals surface area contributed by atoms with E-state index in [1.807, 2.05) is 21.1 Å². The molecule has 4 heteroatoms. The predicted molar refractivity (Wildman–Crippen MR) is 62.8 cm³/mol. The van der Waals surface area contributed by atoms with Crippen molar-refractivity contribution in [1.82, 2.24) is 20.9 Å². The average Bonchev–Trinajstić information content (AvgIpc) is 2.21. The van der Waals surface area contributed by atoms with Crippen LogP contribution in [0, 0.1) is 0 Å². The number of hydrogen-bond donors (Lipinski definition) is 3. The van der Waals surface area contributed by atoms with Crippen LogP contribution < -0.4 is 16.0 Å². The molecule has 0 atom stereocenters. The first kappa shape index (κ1) is 13.8. The molecule has 0 radical (unpaired) electrons. The fourth-order valence-corrected chi connectivity index (χ4v) is 1.35. The van der Waals surface area contributed by atoms with Gasteiger partial charge in [0.05, 0.1) is 0 Å². The second-order valence-corrected chi connectivity index (χ2v) is 3.51. The maximum Gasteiger partial charge on any atom is 0.0107 e. The third kappa shape index (κ3) is 8.44. The molecule has 0 aliphatic rings. The number of nitrogens with one attached hydrogen (secondary N) is 3. The highest BCUT2D eigenvalue weighted by Crippen LogP contribution is 1.89. The zero-order chi connectivity index (χ0) is 10.6. The molecular formula is C10H26N4. The lowest BCUT2D eigenvalue weighted by molar-refractivity contribution is 0.273. The summed E-state index contributed by atoms with van der Waals surface area (Å²) in [5, 5.41) is 9.55. The van der Waals surface area contributed by atoms with Crippen LogP contribution in [0.2, 0.25) is 0 Å². The molecule has 0 aromatic rings. The van der Waals surface area contributed by atoms with Crippen molar-refractivity contribution in [3.63, 3.8) is 0 Å². The summed E-state index contributed by atoms with van der Waals surface area (Å²) in [4.78, 5) is 2.49. The fourth-order valence-electron chi connectivity index (χ4n) is 1.35. The Balaban J connectivity index is 3.49. The number of hydrogen-bond acceptors (Lipinski definition) is 4. The van der Waals surface area contributed by atoms with E-state index in [1.165, 1.54) is 13.0 Å². The van der Waals surface area contributed by atoms with E-state index in [1.54, 1.807) is 0 Å². The Kier molecular flexibility index (Phi) is 10.8. The molecule has 0 aliphatic heterocycles. The molecule has 0 rings (SSSR count). The van der Waals surface area contributed by atoms with Gasteiger partial charge in [-0.25, -0.2) is 0 Å². The van der Waals surface area contributed by atoms with Gasteiger partial charge in [0.1, 0.15) is 0 Å². The number of nitrogens with zero attached hydrogens (tertiary/aromatic N) is 1. The standard InChI is InChI=1S/C10H26N4/c1-11-5-4-8-14(9-6-12-2)10-7-13-3/h11-13H,4-10H2,1-3H3. The van der Waals surface area contributed by atoms with Gasteiger partial charge in [0.15, 0.2) is 0 Å². The summed E-state index contributed by atoms with van der Waals surface area (Å²) in [6, 6.07) is 0. The van der Waals surface area contributed by atoms with Crippen molar-refractivity contribution >= 4 is 0 Å². The van der Waals surface area contributed by atoms with Crippen LogP contribution in [0.3, 0.4) is 0 Å². The third-order valence-electron chi connectivity index (χ3n) is 2.26. The molecular weight excluding hydrogens is 176 g/mol. The molecule has 0 heterocycles. The first-order valence-electron chi connectivity index (χ1n) is 5.51. The summed E-state index contributed by atoms with van der Waals surface area (Å²) in [7, 11) is 6.01. The fraction of sp³-hybridized carbons (Fsp3) is 1.00. The highest BCUT2D eigenvalue weighted by molar-refractivity contribution is 4.61. The Hall–Kier alpha value is -0.160. The van der Waals surface area contributed by atoms with E-state index < -0.39 is 0 Å². The smallest absolute Gasteiger partial charge is 0.0107 e. The minimum Gasteiger partial charge on any atom is -0.320 e. The van der Waals surface area contributed by atoms with Crippen LogP contribution in [-0.4, -0.2) is 65.3 Å². The largest absolute Gasteiger partial charge is 0.320 e. The molecule has 0 saturated carbocycles. The Morgan fingerprint density at radius 1 is 0.714 bits per heavy atom. The molecule has 0 aromatic heterocycles. The lowest BCUT2D eigenvalue weighted by atomic mass is 10.3. The zero-order valence-corrected chi connectivity index (χ0v) is 9.90. The number of likely N-dealkylation sites (N-methyl/N-ethyl adjacent to an activating group) is 2. The molecule has 14 heavy (non-hydrogen) atoms. The van der Waals surface area contributed by atoms with E-state index in [-0.39, 0.29) is 0 Å². The summed E-state index contributed by atoms with van der Waals surface area (Å²) in [6.07, 6.45) is 1.23. The predicted octanol–water partition coefficient (Wildman–Crippen LogP) is -0.663. The molecule has 0 unspecified atom stereocenters. The molecule has 0 aromatic carbocycles. The highest BCUT2D eigenvalue weighted by Gasteiger charge is 2.02. The topological polar surface area (TPSA) is 39.3 Å². The second kappa shape index (κ2) is 10.9. The zero-order valence-electron chi connectivity index (χ0n) is 9.90. The molecule has 4 nitrogen and oxygen atoms in total. The van der Waals surface area contributed by atoms with Gasteiger partial charge in [-0.2, -0.15) is 0 Å². The molecule has 0 saturated heterocycles. The van der Waals surface area contributed by atoms with E-state index in [4.69, 9.17) is 0 Å². The van der Waals surface area contributed by atoms with Gasteiger partial charge in [-0.1, -0.05) is 0 Å². The van der Waals surface area contributed by atoms with Gasteiger partial charge in [0.25, 0.3) is 0 Å². The van der Waals surface area contributed by atoms with Crippen molar-refractivity contribution in [2.24, 2.45) is 0 Å². The Morgan fingerprint density at radius 3 is 1.64 bits per heavy atom. The lowest BCUT2D eigenvalue weighted by Crippen LogP contribution is -2.37. The molecule has 0 spiro atoms. The van der Waals surface area contributed by atoms with E-state index >= 15 is 0 Å². The average molecular weight is 202 g/mol. The van der Waals surface area contributed by atoms with Crippen LogP contribution in [0.15, 0.2) is 0 Å². The van der Waals surface area contributed by atoms with Gasteiger partial charge in [0, 0.05) is 26.2 Å². The third-order valence-corrected chi connectivity index (χ3v) is 2.26. The normalized spacial score (nSPS) is 11.1. The van der Waals surface area contributed by atoms with Gasteiger partial charge in [0.2, 0.25) is 0 Å². The Labute approximate surface area is 88.4 Å². The molecule has 86 valence electrons. The first-order chi connectivity index (χ1) is 6.85. The van der Waals surface area contributed by atoms with Crippen molar-refractivity contribution in [3.05, 3.63) is 0 Å². The van der Waals surface area contributed by atoms with Crippen LogP contribution in [0.4, 0.5) is 0 Å². The van der Waals surface area contributed by atoms with Crippen LogP contribution in [0.5, 0.6) is 0 Å². The summed E-state index contributed by atoms with van der Waals surface area (Å²) in [5.74, 6) is 0. The summed E-state index contributed by atoms with van der Waals surface area (Å²) in [5.41, 5.74) is 0. The van der Waals surface area contributed by atoms with Crippen molar-refractivity contribution in [2.45, 2.75) is 6.42 Å². The van der Waals surface area contributed by atoms with E-state index in [2.05, 4.69) is 20.9 Å². The Bertz CT molecular complexity index is 100. The maximum atomic E-state index is 3.19. The highest BCUT2D eigenvalue weighted by atomic mass is 15.1. The SMILES string of the molecule is CNCCCN(CCNC)CCNC. The van der Waals surface area contributed by atoms with E-state index in [0.717, 1.165) is 32.7 Å². The summed E-state index contributed by atoms with van der Waals surface area (Å²) < 4.78 is 0. The molecule has 3 N–H and O–H groups in total. The van der Waals surface area contributed by atoms with Gasteiger partial charge in [-0.3, -0.25) is 0 Å². The summed E-state index contributed by atoms with van der Waals surface area (Å²) in [6.45, 7) is 6.72. The van der Waals surface area contributed by atoms with Crippen LogP contribution >= 0.6 is 0 Å². The monoisotopic (exact) mass is 202 g/mol. The summed E-state index contributed by atoms with van der Waals surface area (Å²) >= 11 is 0. The van der Waals surface area contributed by atoms with Gasteiger partial charge in [-0.15, -0.1) is 0 Å². The van der Waals surface area contributed by atoms with Crippen LogP contribution in [-0.2, 0) is 0 Å². The number of rotatable bonds is 10. The van der Waals surface area contributed by atoms with Crippen LogP contribution in [0.1, 0.15) is 6.42 Å². The van der Waals surface area contributed by atoms with Crippen molar-refractivity contribution in [2.75, 3.05) is 60.4 Å². The van der Waals surface area contributed by atoms with Crippen molar-refractivity contribution in [3.8, 4) is 0 Å². The van der Waals surface area contributed by atoms with Crippen molar-refractivity contribution < 1.29 is 0 Å². The molecule has 0 amide bonds. The first-order valence-corrected chi connectivity index (χ1v) is 5.51. The second-order valence-electron chi connectivity index (χ2n) is 3.51. The van der Waals surface area contributed by atoms with E-state index in [0.29, 0.717) is 0 Å². The minimum atomic E-state index is 1.07. The molecule has 0 bridgehead atoms. The Morgan fingerprint density at radius 2 is 1.21 bits per heavy atom. The van der Waals surface area contributed by atoms with Gasteiger partial charge < -0.3 is 20.9 Å². The molecule has 0 aliphatic carbocycles. The van der Waals surface area contributed by atoms with Gasteiger partial charge in [-0.05, 0) is 40.7 Å². The van der Waals surface area contributed by atoms with Gasteiger partial charge >= 0.3 is 0 Å². The molecule has 0 fully saturated rings. The minimum absolute atomic E-state index is 1.07.